The molecule has 1 aliphatic rings. The van der Waals surface area contributed by atoms with Crippen LogP contribution in [-0.2, 0) is 4.79 Å². The number of rotatable bonds is 4. The summed E-state index contributed by atoms with van der Waals surface area (Å²) in [5.74, 6) is 0.282. The Morgan fingerprint density at radius 1 is 1.50 bits per heavy atom. The number of hydrogen-bond acceptors (Lipinski definition) is 2. The molecular formula is C15H28N2O. The lowest BCUT2D eigenvalue weighted by atomic mass is 9.76. The predicted octanol–water partition coefficient (Wildman–Crippen LogP) is 2.58. The first kappa shape index (κ1) is 15.2. The summed E-state index contributed by atoms with van der Waals surface area (Å²) in [5, 5.41) is 3.38. The Kier molecular flexibility index (Phi) is 4.97. The zero-order chi connectivity index (χ0) is 13.8. The van der Waals surface area contributed by atoms with Crippen LogP contribution in [0.2, 0.25) is 0 Å². The monoisotopic (exact) mass is 252 g/mol. The summed E-state index contributed by atoms with van der Waals surface area (Å²) >= 11 is 0. The maximum atomic E-state index is 12.9. The van der Waals surface area contributed by atoms with Crippen LogP contribution in [0.25, 0.3) is 0 Å². The minimum Gasteiger partial charge on any atom is -0.334 e. The first-order valence-electron chi connectivity index (χ1n) is 7.01. The smallest absolute Gasteiger partial charge is 0.230 e. The van der Waals surface area contributed by atoms with Crippen molar-refractivity contribution in [1.29, 1.82) is 0 Å². The average Bonchev–Trinajstić information content (AvgIpc) is 2.34. The zero-order valence-corrected chi connectivity index (χ0v) is 12.4. The van der Waals surface area contributed by atoms with Crippen molar-refractivity contribution in [1.82, 2.24) is 10.2 Å². The van der Waals surface area contributed by atoms with Gasteiger partial charge in [0.15, 0.2) is 0 Å². The molecule has 0 radical (unpaired) electrons. The highest BCUT2D eigenvalue weighted by molar-refractivity contribution is 5.84. The zero-order valence-electron chi connectivity index (χ0n) is 12.4. The second-order valence-electron chi connectivity index (χ2n) is 6.29. The van der Waals surface area contributed by atoms with Gasteiger partial charge in [0.2, 0.25) is 5.91 Å². The Hall–Kier alpha value is -0.830. The molecule has 1 rings (SSSR count). The largest absolute Gasteiger partial charge is 0.334 e. The molecule has 0 bridgehead atoms. The van der Waals surface area contributed by atoms with E-state index in [0.717, 1.165) is 32.4 Å². The van der Waals surface area contributed by atoms with E-state index >= 15 is 0 Å². The van der Waals surface area contributed by atoms with Gasteiger partial charge in [-0.1, -0.05) is 13.0 Å². The molecule has 0 aromatic heterocycles. The van der Waals surface area contributed by atoms with Crippen LogP contribution in [0.3, 0.4) is 0 Å². The van der Waals surface area contributed by atoms with Crippen molar-refractivity contribution in [2.75, 3.05) is 19.6 Å². The summed E-state index contributed by atoms with van der Waals surface area (Å²) in [4.78, 5) is 14.9. The molecule has 0 spiro atoms. The van der Waals surface area contributed by atoms with Gasteiger partial charge in [-0.2, -0.15) is 0 Å². The molecule has 1 unspecified atom stereocenters. The number of amides is 1. The SMILES string of the molecule is C=CCN(C(=O)C1(CC)CCCNC1)C(C)(C)C. The van der Waals surface area contributed by atoms with E-state index in [4.69, 9.17) is 0 Å². The van der Waals surface area contributed by atoms with E-state index in [-0.39, 0.29) is 16.9 Å². The van der Waals surface area contributed by atoms with Crippen LogP contribution in [0.5, 0.6) is 0 Å². The Morgan fingerprint density at radius 2 is 2.17 bits per heavy atom. The standard InChI is InChI=1S/C15H28N2O/c1-6-11-17(14(3,4)5)13(18)15(7-2)9-8-10-16-12-15/h6,16H,1,7-12H2,2-5H3. The highest BCUT2D eigenvalue weighted by atomic mass is 16.2. The molecule has 1 heterocycles. The van der Waals surface area contributed by atoms with Crippen LogP contribution >= 0.6 is 0 Å². The van der Waals surface area contributed by atoms with Crippen molar-refractivity contribution in [2.45, 2.75) is 52.5 Å². The van der Waals surface area contributed by atoms with Gasteiger partial charge in [0.1, 0.15) is 0 Å². The van der Waals surface area contributed by atoms with E-state index in [1.807, 2.05) is 11.0 Å². The lowest BCUT2D eigenvalue weighted by molar-refractivity contribution is -0.148. The number of nitrogens with one attached hydrogen (secondary N) is 1. The fourth-order valence-electron chi connectivity index (χ4n) is 2.68. The molecule has 3 nitrogen and oxygen atoms in total. The molecular weight excluding hydrogens is 224 g/mol. The van der Waals surface area contributed by atoms with Crippen molar-refractivity contribution in [3.05, 3.63) is 12.7 Å². The van der Waals surface area contributed by atoms with Gasteiger partial charge < -0.3 is 10.2 Å². The van der Waals surface area contributed by atoms with E-state index in [1.165, 1.54) is 0 Å². The maximum Gasteiger partial charge on any atom is 0.230 e. The van der Waals surface area contributed by atoms with Crippen LogP contribution in [0.15, 0.2) is 12.7 Å². The third kappa shape index (κ3) is 3.14. The number of nitrogens with zero attached hydrogens (tertiary/aromatic N) is 1. The van der Waals surface area contributed by atoms with Crippen LogP contribution in [0.1, 0.15) is 47.0 Å². The molecule has 1 amide bonds. The molecule has 18 heavy (non-hydrogen) atoms. The van der Waals surface area contributed by atoms with Crippen molar-refractivity contribution in [2.24, 2.45) is 5.41 Å². The summed E-state index contributed by atoms with van der Waals surface area (Å²) in [6.45, 7) is 14.7. The lowest BCUT2D eigenvalue weighted by Gasteiger charge is -2.44. The topological polar surface area (TPSA) is 32.3 Å². The number of carbonyl (C=O) groups is 1. The van der Waals surface area contributed by atoms with Crippen LogP contribution < -0.4 is 5.32 Å². The first-order valence-corrected chi connectivity index (χ1v) is 7.01. The molecule has 104 valence electrons. The molecule has 0 aromatic rings. The second-order valence-corrected chi connectivity index (χ2v) is 6.29. The Morgan fingerprint density at radius 3 is 2.56 bits per heavy atom. The summed E-state index contributed by atoms with van der Waals surface area (Å²) in [6, 6.07) is 0. The Balaban J connectivity index is 2.95. The third-order valence-electron chi connectivity index (χ3n) is 3.97. The summed E-state index contributed by atoms with van der Waals surface area (Å²) in [7, 11) is 0. The van der Waals surface area contributed by atoms with Gasteiger partial charge in [0.25, 0.3) is 0 Å². The minimum atomic E-state index is -0.214. The van der Waals surface area contributed by atoms with E-state index in [9.17, 15) is 4.79 Å². The van der Waals surface area contributed by atoms with Crippen molar-refractivity contribution in [3.8, 4) is 0 Å². The third-order valence-corrected chi connectivity index (χ3v) is 3.97. The molecule has 0 aromatic carbocycles. The quantitative estimate of drug-likeness (QED) is 0.780. The highest BCUT2D eigenvalue weighted by Gasteiger charge is 2.42. The Labute approximate surface area is 112 Å². The molecule has 3 heteroatoms. The van der Waals surface area contributed by atoms with Gasteiger partial charge in [0.05, 0.1) is 5.41 Å². The van der Waals surface area contributed by atoms with Gasteiger partial charge >= 0.3 is 0 Å². The van der Waals surface area contributed by atoms with E-state index in [0.29, 0.717) is 6.54 Å². The number of piperidine rings is 1. The van der Waals surface area contributed by atoms with Crippen molar-refractivity contribution in [3.63, 3.8) is 0 Å². The fraction of sp³-hybridized carbons (Fsp3) is 0.800. The second kappa shape index (κ2) is 5.87. The highest BCUT2D eigenvalue weighted by Crippen LogP contribution is 2.34. The summed E-state index contributed by atoms with van der Waals surface area (Å²) in [6.07, 6.45) is 4.82. The van der Waals surface area contributed by atoms with Crippen LogP contribution in [0, 0.1) is 5.41 Å². The molecule has 1 saturated heterocycles. The fourth-order valence-corrected chi connectivity index (χ4v) is 2.68. The van der Waals surface area contributed by atoms with E-state index < -0.39 is 0 Å². The van der Waals surface area contributed by atoms with Gasteiger partial charge in [0, 0.05) is 18.6 Å². The van der Waals surface area contributed by atoms with Crippen LogP contribution in [0.4, 0.5) is 0 Å². The predicted molar refractivity (Wildman–Crippen MR) is 76.5 cm³/mol. The molecule has 1 N–H and O–H groups in total. The van der Waals surface area contributed by atoms with E-state index in [2.05, 4.69) is 39.6 Å². The van der Waals surface area contributed by atoms with Gasteiger partial charge in [-0.25, -0.2) is 0 Å². The summed E-state index contributed by atoms with van der Waals surface area (Å²) < 4.78 is 0. The minimum absolute atomic E-state index is 0.148. The maximum absolute atomic E-state index is 12.9. The molecule has 1 fully saturated rings. The van der Waals surface area contributed by atoms with Crippen molar-refractivity contribution < 1.29 is 4.79 Å². The normalized spacial score (nSPS) is 24.7. The van der Waals surface area contributed by atoms with Gasteiger partial charge in [-0.05, 0) is 46.6 Å². The molecule has 0 aliphatic carbocycles. The average molecular weight is 252 g/mol. The summed E-state index contributed by atoms with van der Waals surface area (Å²) in [5.41, 5.74) is -0.362. The lowest BCUT2D eigenvalue weighted by Crippen LogP contribution is -2.56. The van der Waals surface area contributed by atoms with Crippen molar-refractivity contribution >= 4 is 5.91 Å². The van der Waals surface area contributed by atoms with Gasteiger partial charge in [-0.3, -0.25) is 4.79 Å². The molecule has 1 atom stereocenters. The first-order chi connectivity index (χ1) is 8.37. The Bertz CT molecular complexity index is 298. The van der Waals surface area contributed by atoms with E-state index in [1.54, 1.807) is 0 Å². The number of hydrogen-bond donors (Lipinski definition) is 1. The van der Waals surface area contributed by atoms with Crippen LogP contribution in [-0.4, -0.2) is 36.0 Å². The number of carbonyl (C=O) groups excluding carboxylic acids is 1. The molecule has 1 aliphatic heterocycles. The molecule has 0 saturated carbocycles. The van der Waals surface area contributed by atoms with Gasteiger partial charge in [-0.15, -0.1) is 6.58 Å².